The highest BCUT2D eigenvalue weighted by atomic mass is 35.5. The minimum absolute atomic E-state index is 0.0418. The van der Waals surface area contributed by atoms with E-state index >= 15 is 0 Å². The molecule has 5 nitrogen and oxygen atoms in total. The maximum atomic E-state index is 13.0. The Morgan fingerprint density at radius 3 is 2.28 bits per heavy atom. The SMILES string of the molecule is CC(C)CCNC(=O)C(C1CCCC1)N1CCN(C(=O)c2ccc(Cl)cc2)CC1. The quantitative estimate of drug-likeness (QED) is 0.730. The topological polar surface area (TPSA) is 52.7 Å². The first kappa shape index (κ1) is 22.1. The van der Waals surface area contributed by atoms with Crippen molar-refractivity contribution in [2.75, 3.05) is 32.7 Å². The normalized spacial score (nSPS) is 19.5. The van der Waals surface area contributed by atoms with Gasteiger partial charge in [0.15, 0.2) is 0 Å². The van der Waals surface area contributed by atoms with Crippen molar-refractivity contribution in [2.24, 2.45) is 11.8 Å². The van der Waals surface area contributed by atoms with E-state index in [0.717, 1.165) is 38.9 Å². The lowest BCUT2D eigenvalue weighted by molar-refractivity contribution is -0.129. The zero-order valence-corrected chi connectivity index (χ0v) is 18.5. The number of rotatable bonds is 7. The van der Waals surface area contributed by atoms with Gasteiger partial charge in [-0.2, -0.15) is 0 Å². The first-order valence-corrected chi connectivity index (χ1v) is 11.4. The van der Waals surface area contributed by atoms with Crippen molar-refractivity contribution in [2.45, 2.75) is 52.0 Å². The molecule has 6 heteroatoms. The highest BCUT2D eigenvalue weighted by Crippen LogP contribution is 2.31. The van der Waals surface area contributed by atoms with Crippen LogP contribution in [0.4, 0.5) is 0 Å². The number of halogens is 1. The molecule has 2 aliphatic rings. The van der Waals surface area contributed by atoms with Crippen LogP contribution in [0.2, 0.25) is 5.02 Å². The Labute approximate surface area is 179 Å². The molecule has 1 aromatic rings. The largest absolute Gasteiger partial charge is 0.355 e. The minimum atomic E-state index is -0.0579. The van der Waals surface area contributed by atoms with Crippen LogP contribution in [0.3, 0.4) is 0 Å². The molecule has 160 valence electrons. The summed E-state index contributed by atoms with van der Waals surface area (Å²) in [6, 6.07) is 7.00. The third kappa shape index (κ3) is 5.95. The van der Waals surface area contributed by atoms with Gasteiger partial charge in [-0.15, -0.1) is 0 Å². The first-order valence-electron chi connectivity index (χ1n) is 11.0. The fourth-order valence-electron chi connectivity index (χ4n) is 4.52. The molecule has 3 rings (SSSR count). The lowest BCUT2D eigenvalue weighted by Gasteiger charge is -2.40. The molecule has 29 heavy (non-hydrogen) atoms. The van der Waals surface area contributed by atoms with E-state index < -0.39 is 0 Å². The Balaban J connectivity index is 1.59. The summed E-state index contributed by atoms with van der Waals surface area (Å²) in [7, 11) is 0. The van der Waals surface area contributed by atoms with E-state index in [1.54, 1.807) is 24.3 Å². The van der Waals surface area contributed by atoms with Gasteiger partial charge in [0.1, 0.15) is 0 Å². The van der Waals surface area contributed by atoms with Crippen molar-refractivity contribution < 1.29 is 9.59 Å². The van der Waals surface area contributed by atoms with E-state index in [1.807, 2.05) is 4.90 Å². The van der Waals surface area contributed by atoms with Gasteiger partial charge in [0, 0.05) is 43.3 Å². The van der Waals surface area contributed by atoms with Gasteiger partial charge in [-0.1, -0.05) is 38.3 Å². The summed E-state index contributed by atoms with van der Waals surface area (Å²) in [6.45, 7) is 7.91. The maximum Gasteiger partial charge on any atom is 0.253 e. The highest BCUT2D eigenvalue weighted by molar-refractivity contribution is 6.30. The molecule has 2 fully saturated rings. The molecule has 1 N–H and O–H groups in total. The summed E-state index contributed by atoms with van der Waals surface area (Å²) in [4.78, 5) is 30.0. The van der Waals surface area contributed by atoms with Crippen molar-refractivity contribution in [3.8, 4) is 0 Å². The molecule has 1 atom stereocenters. The summed E-state index contributed by atoms with van der Waals surface area (Å²) in [5, 5.41) is 3.81. The first-order chi connectivity index (χ1) is 14.0. The van der Waals surface area contributed by atoms with E-state index in [9.17, 15) is 9.59 Å². The Bertz CT molecular complexity index is 678. The maximum absolute atomic E-state index is 13.0. The van der Waals surface area contributed by atoms with Gasteiger partial charge < -0.3 is 10.2 Å². The van der Waals surface area contributed by atoms with Crippen LogP contribution in [-0.4, -0.2) is 60.4 Å². The summed E-state index contributed by atoms with van der Waals surface area (Å²) in [5.74, 6) is 1.24. The fourth-order valence-corrected chi connectivity index (χ4v) is 4.64. The van der Waals surface area contributed by atoms with E-state index in [0.29, 0.717) is 35.5 Å². The molecule has 1 aliphatic heterocycles. The predicted octanol–water partition coefficient (Wildman–Crippen LogP) is 3.82. The second-order valence-electron chi connectivity index (χ2n) is 8.80. The molecule has 1 aromatic carbocycles. The summed E-state index contributed by atoms with van der Waals surface area (Å²) in [6.07, 6.45) is 5.70. The molecular formula is C23H34ClN3O2. The smallest absolute Gasteiger partial charge is 0.253 e. The molecule has 0 radical (unpaired) electrons. The molecule has 1 saturated heterocycles. The number of amides is 2. The highest BCUT2D eigenvalue weighted by Gasteiger charge is 2.37. The van der Waals surface area contributed by atoms with Crippen LogP contribution < -0.4 is 5.32 Å². The van der Waals surface area contributed by atoms with Crippen LogP contribution in [0.15, 0.2) is 24.3 Å². The lowest BCUT2D eigenvalue weighted by atomic mass is 9.94. The number of nitrogens with zero attached hydrogens (tertiary/aromatic N) is 2. The van der Waals surface area contributed by atoms with Crippen LogP contribution in [-0.2, 0) is 4.79 Å². The zero-order valence-electron chi connectivity index (χ0n) is 17.7. The number of hydrogen-bond acceptors (Lipinski definition) is 3. The van der Waals surface area contributed by atoms with E-state index in [2.05, 4.69) is 24.1 Å². The molecule has 0 aromatic heterocycles. The zero-order chi connectivity index (χ0) is 20.8. The van der Waals surface area contributed by atoms with Gasteiger partial charge in [-0.3, -0.25) is 14.5 Å². The van der Waals surface area contributed by atoms with Crippen LogP contribution in [0.5, 0.6) is 0 Å². The Morgan fingerprint density at radius 1 is 1.07 bits per heavy atom. The number of benzene rings is 1. The number of carbonyl (C=O) groups is 2. The lowest BCUT2D eigenvalue weighted by Crippen LogP contribution is -2.58. The molecule has 1 unspecified atom stereocenters. The van der Waals surface area contributed by atoms with Crippen molar-refractivity contribution in [1.82, 2.24) is 15.1 Å². The van der Waals surface area contributed by atoms with E-state index in [1.165, 1.54) is 12.8 Å². The molecular weight excluding hydrogens is 386 g/mol. The van der Waals surface area contributed by atoms with Gasteiger partial charge in [-0.05, 0) is 55.4 Å². The van der Waals surface area contributed by atoms with Crippen molar-refractivity contribution in [1.29, 1.82) is 0 Å². The Hall–Kier alpha value is -1.59. The van der Waals surface area contributed by atoms with Crippen molar-refractivity contribution in [3.63, 3.8) is 0 Å². The third-order valence-electron chi connectivity index (χ3n) is 6.22. The number of nitrogens with one attached hydrogen (secondary N) is 1. The average Bonchev–Trinajstić information content (AvgIpc) is 3.23. The minimum Gasteiger partial charge on any atom is -0.355 e. The summed E-state index contributed by atoms with van der Waals surface area (Å²) < 4.78 is 0. The Kier molecular flexibility index (Phi) is 7.96. The summed E-state index contributed by atoms with van der Waals surface area (Å²) >= 11 is 5.93. The van der Waals surface area contributed by atoms with Crippen molar-refractivity contribution in [3.05, 3.63) is 34.9 Å². The van der Waals surface area contributed by atoms with Gasteiger partial charge in [-0.25, -0.2) is 0 Å². The second kappa shape index (κ2) is 10.4. The molecule has 0 spiro atoms. The fraction of sp³-hybridized carbons (Fsp3) is 0.652. The molecule has 1 aliphatic carbocycles. The number of hydrogen-bond donors (Lipinski definition) is 1. The standard InChI is InChI=1S/C23H34ClN3O2/c1-17(2)11-12-25-22(28)21(18-5-3-4-6-18)26-13-15-27(16-14-26)23(29)19-7-9-20(24)10-8-19/h7-10,17-18,21H,3-6,11-16H2,1-2H3,(H,25,28). The van der Waals surface area contributed by atoms with E-state index in [4.69, 9.17) is 11.6 Å². The monoisotopic (exact) mass is 419 g/mol. The summed E-state index contributed by atoms with van der Waals surface area (Å²) in [5.41, 5.74) is 0.668. The molecule has 1 saturated carbocycles. The van der Waals surface area contributed by atoms with Crippen LogP contribution in [0, 0.1) is 11.8 Å². The van der Waals surface area contributed by atoms with Crippen molar-refractivity contribution >= 4 is 23.4 Å². The molecule has 2 amide bonds. The van der Waals surface area contributed by atoms with Gasteiger partial charge in [0.05, 0.1) is 6.04 Å². The number of piperazine rings is 1. The molecule has 0 bridgehead atoms. The van der Waals surface area contributed by atoms with Crippen LogP contribution >= 0.6 is 11.6 Å². The van der Waals surface area contributed by atoms with E-state index in [-0.39, 0.29) is 17.9 Å². The predicted molar refractivity (Wildman–Crippen MR) is 117 cm³/mol. The van der Waals surface area contributed by atoms with Crippen LogP contribution in [0.1, 0.15) is 56.3 Å². The van der Waals surface area contributed by atoms with Gasteiger partial charge in [0.25, 0.3) is 5.91 Å². The molecule has 1 heterocycles. The second-order valence-corrected chi connectivity index (χ2v) is 9.23. The van der Waals surface area contributed by atoms with Crippen LogP contribution in [0.25, 0.3) is 0 Å². The average molecular weight is 420 g/mol. The number of carbonyl (C=O) groups excluding carboxylic acids is 2. The Morgan fingerprint density at radius 2 is 1.69 bits per heavy atom. The third-order valence-corrected chi connectivity index (χ3v) is 6.47. The van der Waals surface area contributed by atoms with Gasteiger partial charge >= 0.3 is 0 Å². The van der Waals surface area contributed by atoms with Gasteiger partial charge in [0.2, 0.25) is 5.91 Å².